The van der Waals surface area contributed by atoms with Crippen LogP contribution in [0.2, 0.25) is 0 Å². The van der Waals surface area contributed by atoms with Gasteiger partial charge in [0.15, 0.2) is 0 Å². The number of carbonyl (C=O) groups is 1. The highest BCUT2D eigenvalue weighted by Crippen LogP contribution is 2.13. The summed E-state index contributed by atoms with van der Waals surface area (Å²) < 4.78 is 18.4. The molecule has 0 aliphatic heterocycles. The molecule has 0 saturated carbocycles. The minimum absolute atomic E-state index is 0.0570. The highest BCUT2D eigenvalue weighted by molar-refractivity contribution is 5.90. The maximum absolute atomic E-state index is 13.0. The molecule has 128 valence electrons. The molecular weight excluding hydrogens is 307 g/mol. The van der Waals surface area contributed by atoms with Gasteiger partial charge >= 0.3 is 0 Å². The molecule has 0 saturated heterocycles. The summed E-state index contributed by atoms with van der Waals surface area (Å²) >= 11 is 0. The van der Waals surface area contributed by atoms with Gasteiger partial charge in [-0.05, 0) is 42.8 Å². The minimum Gasteiger partial charge on any atom is -0.493 e. The van der Waals surface area contributed by atoms with E-state index in [-0.39, 0.29) is 11.7 Å². The molecule has 2 rings (SSSR count). The Kier molecular flexibility index (Phi) is 7.23. The van der Waals surface area contributed by atoms with Crippen LogP contribution < -0.4 is 15.4 Å². The molecule has 0 aromatic heterocycles. The fourth-order valence-electron chi connectivity index (χ4n) is 2.23. The third-order valence-corrected chi connectivity index (χ3v) is 3.40. The number of amides is 1. The third-order valence-electron chi connectivity index (χ3n) is 3.40. The van der Waals surface area contributed by atoms with Crippen LogP contribution in [0.5, 0.6) is 5.75 Å². The summed E-state index contributed by atoms with van der Waals surface area (Å²) in [6.07, 6.45) is 0.923. The summed E-state index contributed by atoms with van der Waals surface area (Å²) in [6.45, 7) is 4.11. The van der Waals surface area contributed by atoms with E-state index in [1.54, 1.807) is 12.1 Å². The molecule has 5 heteroatoms. The van der Waals surface area contributed by atoms with Crippen molar-refractivity contribution in [1.29, 1.82) is 0 Å². The first-order chi connectivity index (χ1) is 11.7. The second-order valence-electron chi connectivity index (χ2n) is 5.44. The van der Waals surface area contributed by atoms with Crippen molar-refractivity contribution in [2.75, 3.05) is 18.5 Å². The van der Waals surface area contributed by atoms with Crippen LogP contribution in [0.1, 0.15) is 25.3 Å². The van der Waals surface area contributed by atoms with E-state index in [1.807, 2.05) is 24.3 Å². The molecule has 0 heterocycles. The van der Waals surface area contributed by atoms with Gasteiger partial charge < -0.3 is 15.4 Å². The molecule has 0 atom stereocenters. The van der Waals surface area contributed by atoms with Gasteiger partial charge in [0, 0.05) is 24.7 Å². The van der Waals surface area contributed by atoms with Crippen molar-refractivity contribution in [3.05, 3.63) is 59.9 Å². The number of ether oxygens (including phenoxy) is 1. The summed E-state index contributed by atoms with van der Waals surface area (Å²) in [7, 11) is 0. The average Bonchev–Trinajstić information content (AvgIpc) is 2.57. The van der Waals surface area contributed by atoms with Crippen LogP contribution in [0.4, 0.5) is 10.1 Å². The van der Waals surface area contributed by atoms with Crippen LogP contribution >= 0.6 is 0 Å². The fourth-order valence-corrected chi connectivity index (χ4v) is 2.23. The zero-order valence-corrected chi connectivity index (χ0v) is 13.8. The van der Waals surface area contributed by atoms with E-state index in [1.165, 1.54) is 12.1 Å². The lowest BCUT2D eigenvalue weighted by molar-refractivity contribution is -0.116. The zero-order chi connectivity index (χ0) is 17.2. The maximum Gasteiger partial charge on any atom is 0.224 e. The van der Waals surface area contributed by atoms with E-state index in [4.69, 9.17) is 4.74 Å². The molecule has 24 heavy (non-hydrogen) atoms. The largest absolute Gasteiger partial charge is 0.493 e. The third kappa shape index (κ3) is 6.38. The number of rotatable bonds is 9. The lowest BCUT2D eigenvalue weighted by atomic mass is 10.2. The van der Waals surface area contributed by atoms with Crippen molar-refractivity contribution in [1.82, 2.24) is 5.32 Å². The zero-order valence-electron chi connectivity index (χ0n) is 13.8. The molecule has 0 spiro atoms. The van der Waals surface area contributed by atoms with Crippen LogP contribution in [0.3, 0.4) is 0 Å². The molecule has 0 aliphatic rings. The number of hydrogen-bond acceptors (Lipinski definition) is 3. The summed E-state index contributed by atoms with van der Waals surface area (Å²) in [5.41, 5.74) is 1.92. The Morgan fingerprint density at radius 3 is 2.79 bits per heavy atom. The lowest BCUT2D eigenvalue weighted by Gasteiger charge is -2.09. The fraction of sp³-hybridized carbons (Fsp3) is 0.316. The molecule has 0 radical (unpaired) electrons. The smallest absolute Gasteiger partial charge is 0.224 e. The van der Waals surface area contributed by atoms with Crippen LogP contribution in [-0.4, -0.2) is 19.1 Å². The van der Waals surface area contributed by atoms with E-state index in [0.29, 0.717) is 25.2 Å². The normalized spacial score (nSPS) is 10.4. The quantitative estimate of drug-likeness (QED) is 0.689. The molecule has 4 nitrogen and oxygen atoms in total. The Balaban J connectivity index is 1.71. The molecular formula is C19H23FN2O2. The van der Waals surface area contributed by atoms with Gasteiger partial charge in [0.05, 0.1) is 6.61 Å². The van der Waals surface area contributed by atoms with Crippen molar-refractivity contribution in [2.24, 2.45) is 0 Å². The molecule has 2 aromatic carbocycles. The molecule has 2 aromatic rings. The van der Waals surface area contributed by atoms with Crippen LogP contribution in [0.25, 0.3) is 0 Å². The highest BCUT2D eigenvalue weighted by Gasteiger charge is 2.04. The average molecular weight is 330 g/mol. The van der Waals surface area contributed by atoms with Gasteiger partial charge in [0.1, 0.15) is 11.6 Å². The summed E-state index contributed by atoms with van der Waals surface area (Å²) in [5, 5.41) is 6.13. The molecule has 2 N–H and O–H groups in total. The first-order valence-electron chi connectivity index (χ1n) is 8.15. The SMILES string of the molecule is CCNCc1cccc(NC(=O)CCCOc2cccc(F)c2)c1. The van der Waals surface area contributed by atoms with Gasteiger partial charge in [-0.3, -0.25) is 4.79 Å². The van der Waals surface area contributed by atoms with Crippen molar-refractivity contribution >= 4 is 11.6 Å². The lowest BCUT2D eigenvalue weighted by Crippen LogP contribution is -2.14. The van der Waals surface area contributed by atoms with Crippen LogP contribution in [0, 0.1) is 5.82 Å². The monoisotopic (exact) mass is 330 g/mol. The standard InChI is InChI=1S/C19H23FN2O2/c1-2-21-14-15-6-3-8-17(12-15)22-19(23)10-5-11-24-18-9-4-7-16(20)13-18/h3-4,6-9,12-13,21H,2,5,10-11,14H2,1H3,(H,22,23). The Hall–Kier alpha value is -2.40. The molecule has 0 bridgehead atoms. The predicted molar refractivity (Wildman–Crippen MR) is 93.6 cm³/mol. The maximum atomic E-state index is 13.0. The van der Waals surface area contributed by atoms with Gasteiger partial charge in [0.25, 0.3) is 0 Å². The Morgan fingerprint density at radius 1 is 1.17 bits per heavy atom. The van der Waals surface area contributed by atoms with Crippen LogP contribution in [0.15, 0.2) is 48.5 Å². The van der Waals surface area contributed by atoms with E-state index >= 15 is 0 Å². The second kappa shape index (κ2) is 9.67. The number of halogens is 1. The number of nitrogens with one attached hydrogen (secondary N) is 2. The molecule has 0 aliphatic carbocycles. The number of hydrogen-bond donors (Lipinski definition) is 2. The Morgan fingerprint density at radius 2 is 2.00 bits per heavy atom. The van der Waals surface area contributed by atoms with Gasteiger partial charge in [-0.2, -0.15) is 0 Å². The summed E-state index contributed by atoms with van der Waals surface area (Å²) in [6, 6.07) is 13.8. The molecule has 0 unspecified atom stereocenters. The van der Waals surface area contributed by atoms with Crippen molar-refractivity contribution < 1.29 is 13.9 Å². The Bertz CT molecular complexity index is 661. The van der Waals surface area contributed by atoms with E-state index in [9.17, 15) is 9.18 Å². The highest BCUT2D eigenvalue weighted by atomic mass is 19.1. The minimum atomic E-state index is -0.331. The van der Waals surface area contributed by atoms with Crippen molar-refractivity contribution in [3.63, 3.8) is 0 Å². The van der Waals surface area contributed by atoms with E-state index in [0.717, 1.165) is 24.3 Å². The summed E-state index contributed by atoms with van der Waals surface area (Å²) in [5.74, 6) is 0.0904. The van der Waals surface area contributed by atoms with Gasteiger partial charge in [0.2, 0.25) is 5.91 Å². The first kappa shape index (κ1) is 17.9. The first-order valence-corrected chi connectivity index (χ1v) is 8.15. The van der Waals surface area contributed by atoms with E-state index in [2.05, 4.69) is 17.6 Å². The predicted octanol–water partition coefficient (Wildman–Crippen LogP) is 3.73. The van der Waals surface area contributed by atoms with Gasteiger partial charge in [-0.1, -0.05) is 25.1 Å². The van der Waals surface area contributed by atoms with Gasteiger partial charge in [-0.15, -0.1) is 0 Å². The molecule has 1 amide bonds. The number of anilines is 1. The topological polar surface area (TPSA) is 50.4 Å². The number of carbonyl (C=O) groups excluding carboxylic acids is 1. The molecule has 0 fully saturated rings. The summed E-state index contributed by atoms with van der Waals surface area (Å²) in [4.78, 5) is 12.0. The second-order valence-corrected chi connectivity index (χ2v) is 5.44. The van der Waals surface area contributed by atoms with Crippen molar-refractivity contribution in [2.45, 2.75) is 26.3 Å². The van der Waals surface area contributed by atoms with Crippen molar-refractivity contribution in [3.8, 4) is 5.75 Å². The van der Waals surface area contributed by atoms with Gasteiger partial charge in [-0.25, -0.2) is 4.39 Å². The number of benzene rings is 2. The Labute approximate surface area is 142 Å². The van der Waals surface area contributed by atoms with E-state index < -0.39 is 0 Å². The van der Waals surface area contributed by atoms with Crippen LogP contribution in [-0.2, 0) is 11.3 Å².